The average Bonchev–Trinajstić information content (AvgIpc) is 2.92. The van der Waals surface area contributed by atoms with E-state index in [-0.39, 0.29) is 13.0 Å². The Balaban J connectivity index is 2.03. The van der Waals surface area contributed by atoms with Crippen LogP contribution in [-0.4, -0.2) is 53.0 Å². The quantitative estimate of drug-likeness (QED) is 0.878. The monoisotopic (exact) mass is 351 g/mol. The molecule has 1 aliphatic heterocycles. The number of carboxylic acid groups (broad SMARTS) is 1. The van der Waals surface area contributed by atoms with E-state index in [0.29, 0.717) is 12.4 Å². The van der Waals surface area contributed by atoms with Gasteiger partial charge in [0, 0.05) is 6.42 Å². The fraction of sp³-hybridized carbons (Fsp3) is 0.556. The lowest BCUT2D eigenvalue weighted by Gasteiger charge is -2.26. The predicted octanol–water partition coefficient (Wildman–Crippen LogP) is 2.93. The Labute approximate surface area is 147 Å². The Hall–Kier alpha value is -2.44. The van der Waals surface area contributed by atoms with E-state index in [1.165, 1.54) is 4.90 Å². The molecule has 1 amide bonds. The summed E-state index contributed by atoms with van der Waals surface area (Å²) in [5.41, 5.74) is -0.686. The van der Waals surface area contributed by atoms with Crippen LogP contribution < -0.4 is 9.47 Å². The van der Waals surface area contributed by atoms with Gasteiger partial charge in [-0.05, 0) is 52.0 Å². The first-order chi connectivity index (χ1) is 11.7. The maximum Gasteiger partial charge on any atom is 0.411 e. The van der Waals surface area contributed by atoms with Crippen LogP contribution in [0.4, 0.5) is 4.79 Å². The Bertz CT molecular complexity index is 607. The van der Waals surface area contributed by atoms with Crippen LogP contribution in [-0.2, 0) is 9.53 Å². The second-order valence-electron chi connectivity index (χ2n) is 6.87. The Kier molecular flexibility index (Phi) is 5.77. The molecule has 138 valence electrons. The van der Waals surface area contributed by atoms with Crippen molar-refractivity contribution in [3.05, 3.63) is 24.3 Å². The lowest BCUT2D eigenvalue weighted by Crippen LogP contribution is -2.43. The number of carbonyl (C=O) groups is 2. The normalized spacial score (nSPS) is 20.2. The van der Waals surface area contributed by atoms with Crippen LogP contribution >= 0.6 is 0 Å². The highest BCUT2D eigenvalue weighted by Crippen LogP contribution is 2.26. The summed E-state index contributed by atoms with van der Waals surface area (Å²) in [6.07, 6.45) is -0.842. The molecule has 0 saturated carbocycles. The summed E-state index contributed by atoms with van der Waals surface area (Å²) in [5.74, 6) is 0.271. The predicted molar refractivity (Wildman–Crippen MR) is 91.0 cm³/mol. The minimum atomic E-state index is -1.07. The van der Waals surface area contributed by atoms with Gasteiger partial charge in [0.05, 0.1) is 13.2 Å². The number of aliphatic carboxylic acids is 1. The molecule has 1 heterocycles. The third kappa shape index (κ3) is 5.27. The minimum Gasteiger partial charge on any atom is -0.494 e. The molecular weight excluding hydrogens is 326 g/mol. The highest BCUT2D eigenvalue weighted by atomic mass is 16.6. The van der Waals surface area contributed by atoms with E-state index < -0.39 is 29.8 Å². The van der Waals surface area contributed by atoms with Crippen molar-refractivity contribution in [1.82, 2.24) is 4.90 Å². The number of amides is 1. The van der Waals surface area contributed by atoms with Crippen molar-refractivity contribution in [2.24, 2.45) is 0 Å². The van der Waals surface area contributed by atoms with Crippen molar-refractivity contribution in [3.8, 4) is 11.5 Å². The van der Waals surface area contributed by atoms with E-state index in [1.54, 1.807) is 45.0 Å². The van der Waals surface area contributed by atoms with Crippen LogP contribution in [0.15, 0.2) is 24.3 Å². The van der Waals surface area contributed by atoms with Crippen molar-refractivity contribution < 1.29 is 28.9 Å². The lowest BCUT2D eigenvalue weighted by molar-refractivity contribution is -0.142. The molecule has 7 nitrogen and oxygen atoms in total. The molecule has 1 fully saturated rings. The standard InChI is InChI=1S/C18H25NO6/c1-5-23-12-6-8-13(9-7-12)24-14-10-15(16(20)21)19(11-14)17(22)25-18(2,3)4/h6-9,14-15H,5,10-11H2,1-4H3,(H,20,21)/t14-,15-/m0/s1. The number of ether oxygens (including phenoxy) is 3. The van der Waals surface area contributed by atoms with Crippen LogP contribution in [0.1, 0.15) is 34.1 Å². The molecule has 1 saturated heterocycles. The van der Waals surface area contributed by atoms with Crippen LogP contribution in [0.2, 0.25) is 0 Å². The first kappa shape index (κ1) is 18.9. The summed E-state index contributed by atoms with van der Waals surface area (Å²) in [5, 5.41) is 9.39. The van der Waals surface area contributed by atoms with Gasteiger partial charge in [-0.3, -0.25) is 4.90 Å². The highest BCUT2D eigenvalue weighted by molar-refractivity contribution is 5.81. The minimum absolute atomic E-state index is 0.166. The zero-order valence-corrected chi connectivity index (χ0v) is 15.0. The lowest BCUT2D eigenvalue weighted by atomic mass is 10.2. The second kappa shape index (κ2) is 7.63. The van der Waals surface area contributed by atoms with Gasteiger partial charge in [0.2, 0.25) is 0 Å². The van der Waals surface area contributed by atoms with Gasteiger partial charge in [-0.1, -0.05) is 0 Å². The molecule has 0 aliphatic carbocycles. The number of benzene rings is 1. The number of carboxylic acids is 1. The van der Waals surface area contributed by atoms with Crippen LogP contribution in [0.3, 0.4) is 0 Å². The molecule has 0 bridgehead atoms. The van der Waals surface area contributed by atoms with E-state index in [9.17, 15) is 14.7 Å². The Morgan fingerprint density at radius 1 is 1.20 bits per heavy atom. The summed E-state index contributed by atoms with van der Waals surface area (Å²) in [4.78, 5) is 24.9. The van der Waals surface area contributed by atoms with Gasteiger partial charge < -0.3 is 19.3 Å². The third-order valence-electron chi connectivity index (χ3n) is 3.61. The van der Waals surface area contributed by atoms with Gasteiger partial charge >= 0.3 is 12.1 Å². The number of nitrogens with zero attached hydrogens (tertiary/aromatic N) is 1. The fourth-order valence-electron chi connectivity index (χ4n) is 2.61. The van der Waals surface area contributed by atoms with Gasteiger partial charge in [-0.25, -0.2) is 9.59 Å². The summed E-state index contributed by atoms with van der Waals surface area (Å²) in [6.45, 7) is 7.87. The smallest absolute Gasteiger partial charge is 0.411 e. The number of hydrogen-bond acceptors (Lipinski definition) is 5. The maximum atomic E-state index is 12.3. The van der Waals surface area contributed by atoms with Crippen LogP contribution in [0.25, 0.3) is 0 Å². The summed E-state index contributed by atoms with van der Waals surface area (Å²) in [6, 6.07) is 6.14. The maximum absolute atomic E-state index is 12.3. The van der Waals surface area contributed by atoms with Crippen molar-refractivity contribution in [2.45, 2.75) is 51.9 Å². The van der Waals surface area contributed by atoms with Gasteiger partial charge in [0.25, 0.3) is 0 Å². The topological polar surface area (TPSA) is 85.3 Å². The first-order valence-electron chi connectivity index (χ1n) is 8.31. The summed E-state index contributed by atoms with van der Waals surface area (Å²) >= 11 is 0. The number of carbonyl (C=O) groups excluding carboxylic acids is 1. The molecule has 2 rings (SSSR count). The largest absolute Gasteiger partial charge is 0.494 e. The Morgan fingerprint density at radius 2 is 1.80 bits per heavy atom. The summed E-state index contributed by atoms with van der Waals surface area (Å²) < 4.78 is 16.5. The molecule has 0 radical (unpaired) electrons. The second-order valence-corrected chi connectivity index (χ2v) is 6.87. The highest BCUT2D eigenvalue weighted by Gasteiger charge is 2.42. The zero-order chi connectivity index (χ0) is 18.6. The van der Waals surface area contributed by atoms with Crippen molar-refractivity contribution >= 4 is 12.1 Å². The van der Waals surface area contributed by atoms with Gasteiger partial charge in [0.1, 0.15) is 29.2 Å². The van der Waals surface area contributed by atoms with Gasteiger partial charge in [0.15, 0.2) is 0 Å². The molecule has 0 unspecified atom stereocenters. The molecule has 0 aromatic heterocycles. The van der Waals surface area contributed by atoms with Crippen molar-refractivity contribution in [1.29, 1.82) is 0 Å². The molecule has 0 spiro atoms. The number of rotatable bonds is 5. The zero-order valence-electron chi connectivity index (χ0n) is 15.0. The third-order valence-corrected chi connectivity index (χ3v) is 3.61. The average molecular weight is 351 g/mol. The van der Waals surface area contributed by atoms with Gasteiger partial charge in [-0.15, -0.1) is 0 Å². The number of likely N-dealkylation sites (tertiary alicyclic amines) is 1. The van der Waals surface area contributed by atoms with Crippen LogP contribution in [0, 0.1) is 0 Å². The molecule has 1 aliphatic rings. The first-order valence-corrected chi connectivity index (χ1v) is 8.31. The number of hydrogen-bond donors (Lipinski definition) is 1. The van der Waals surface area contributed by atoms with Gasteiger partial charge in [-0.2, -0.15) is 0 Å². The van der Waals surface area contributed by atoms with E-state index in [0.717, 1.165) is 5.75 Å². The molecule has 1 aromatic rings. The molecule has 1 aromatic carbocycles. The van der Waals surface area contributed by atoms with Crippen molar-refractivity contribution in [2.75, 3.05) is 13.2 Å². The van der Waals surface area contributed by atoms with E-state index in [4.69, 9.17) is 14.2 Å². The van der Waals surface area contributed by atoms with E-state index in [1.807, 2.05) is 6.92 Å². The molecule has 25 heavy (non-hydrogen) atoms. The molecule has 1 N–H and O–H groups in total. The molecule has 7 heteroatoms. The SMILES string of the molecule is CCOc1ccc(O[C@H]2C[C@@H](C(=O)O)N(C(=O)OC(C)(C)C)C2)cc1. The summed E-state index contributed by atoms with van der Waals surface area (Å²) in [7, 11) is 0. The van der Waals surface area contributed by atoms with E-state index >= 15 is 0 Å². The molecular formula is C18H25NO6. The van der Waals surface area contributed by atoms with Crippen LogP contribution in [0.5, 0.6) is 11.5 Å². The van der Waals surface area contributed by atoms with Crippen molar-refractivity contribution in [3.63, 3.8) is 0 Å². The van der Waals surface area contributed by atoms with E-state index in [2.05, 4.69) is 0 Å². The molecule has 2 atom stereocenters. The Morgan fingerprint density at radius 3 is 2.32 bits per heavy atom. The fourth-order valence-corrected chi connectivity index (χ4v) is 2.61.